The van der Waals surface area contributed by atoms with E-state index in [9.17, 15) is 4.39 Å². The molecule has 0 atom stereocenters. The number of hydrogen-bond acceptors (Lipinski definition) is 3. The van der Waals surface area contributed by atoms with Gasteiger partial charge in [-0.3, -0.25) is 9.97 Å². The molecule has 1 saturated heterocycles. The second kappa shape index (κ2) is 3.48. The third-order valence-electron chi connectivity index (χ3n) is 4.06. The number of nitrogens with zero attached hydrogens (tertiary/aromatic N) is 2. The monoisotopic (exact) mass is 235 g/mol. The highest BCUT2D eigenvalue weighted by molar-refractivity contribution is 5.18. The van der Waals surface area contributed by atoms with Crippen LogP contribution >= 0.6 is 0 Å². The number of halogens is 1. The van der Waals surface area contributed by atoms with E-state index in [1.54, 1.807) is 12.4 Å². The average molecular weight is 235 g/mol. The summed E-state index contributed by atoms with van der Waals surface area (Å²) in [6.45, 7) is 5.31. The standard InChI is InChI=1S/C13H18FN3/c1-12(2,14)11-6-16-10(5-17-11)9-3-13(4-9)7-15-8-13/h5-6,9,15H,3-4,7-8H2,1-2H3. The largest absolute Gasteiger partial charge is 0.316 e. The van der Waals surface area contributed by atoms with Crippen LogP contribution < -0.4 is 5.32 Å². The number of hydrogen-bond donors (Lipinski definition) is 1. The molecule has 1 aromatic rings. The average Bonchev–Trinajstić information content (AvgIpc) is 2.12. The lowest BCUT2D eigenvalue weighted by atomic mass is 9.58. The third kappa shape index (κ3) is 1.84. The first-order valence-corrected chi connectivity index (χ1v) is 6.21. The van der Waals surface area contributed by atoms with Crippen molar-refractivity contribution >= 4 is 0 Å². The van der Waals surface area contributed by atoms with Gasteiger partial charge in [0.2, 0.25) is 0 Å². The van der Waals surface area contributed by atoms with Crippen LogP contribution in [0.4, 0.5) is 4.39 Å². The zero-order valence-corrected chi connectivity index (χ0v) is 10.3. The quantitative estimate of drug-likeness (QED) is 0.853. The van der Waals surface area contributed by atoms with Gasteiger partial charge in [-0.2, -0.15) is 0 Å². The van der Waals surface area contributed by atoms with Crippen molar-refractivity contribution in [3.8, 4) is 0 Å². The fourth-order valence-corrected chi connectivity index (χ4v) is 2.82. The van der Waals surface area contributed by atoms with Crippen LogP contribution in [0, 0.1) is 5.41 Å². The van der Waals surface area contributed by atoms with Gasteiger partial charge in [-0.25, -0.2) is 4.39 Å². The molecule has 1 saturated carbocycles. The summed E-state index contributed by atoms with van der Waals surface area (Å²) >= 11 is 0. The Morgan fingerprint density at radius 1 is 1.29 bits per heavy atom. The molecule has 17 heavy (non-hydrogen) atoms. The van der Waals surface area contributed by atoms with Crippen molar-refractivity contribution in [2.45, 2.75) is 38.3 Å². The summed E-state index contributed by atoms with van der Waals surface area (Å²) < 4.78 is 13.6. The van der Waals surface area contributed by atoms with Gasteiger partial charge >= 0.3 is 0 Å². The molecule has 0 aromatic carbocycles. The number of aromatic nitrogens is 2. The van der Waals surface area contributed by atoms with Crippen LogP contribution in [0.5, 0.6) is 0 Å². The molecule has 0 unspecified atom stereocenters. The zero-order chi connectivity index (χ0) is 12.1. The molecule has 0 radical (unpaired) electrons. The van der Waals surface area contributed by atoms with Gasteiger partial charge in [-0.1, -0.05) is 0 Å². The zero-order valence-electron chi connectivity index (χ0n) is 10.3. The summed E-state index contributed by atoms with van der Waals surface area (Å²) in [6.07, 6.45) is 5.74. The second-order valence-electron chi connectivity index (χ2n) is 6.01. The Balaban J connectivity index is 1.69. The van der Waals surface area contributed by atoms with Crippen LogP contribution in [0.15, 0.2) is 12.4 Å². The smallest absolute Gasteiger partial charge is 0.148 e. The van der Waals surface area contributed by atoms with Crippen LogP contribution in [0.3, 0.4) is 0 Å². The van der Waals surface area contributed by atoms with Gasteiger partial charge in [-0.15, -0.1) is 0 Å². The lowest BCUT2D eigenvalue weighted by Gasteiger charge is -2.54. The maximum atomic E-state index is 13.6. The minimum Gasteiger partial charge on any atom is -0.316 e. The van der Waals surface area contributed by atoms with Crippen LogP contribution in [0.2, 0.25) is 0 Å². The summed E-state index contributed by atoms with van der Waals surface area (Å²) in [5, 5.41) is 3.32. The molecular weight excluding hydrogens is 217 g/mol. The fourth-order valence-electron chi connectivity index (χ4n) is 2.82. The Morgan fingerprint density at radius 2 is 2.00 bits per heavy atom. The van der Waals surface area contributed by atoms with Gasteiger partial charge in [0, 0.05) is 25.2 Å². The Labute approximate surface area is 101 Å². The molecule has 92 valence electrons. The van der Waals surface area contributed by atoms with Crippen molar-refractivity contribution in [1.82, 2.24) is 15.3 Å². The molecule has 0 bridgehead atoms. The van der Waals surface area contributed by atoms with E-state index in [2.05, 4.69) is 15.3 Å². The lowest BCUT2D eigenvalue weighted by Crippen LogP contribution is -2.59. The maximum Gasteiger partial charge on any atom is 0.148 e. The molecule has 1 aromatic heterocycles. The van der Waals surface area contributed by atoms with E-state index in [-0.39, 0.29) is 0 Å². The summed E-state index contributed by atoms with van der Waals surface area (Å²) in [6, 6.07) is 0. The van der Waals surface area contributed by atoms with Crippen molar-refractivity contribution in [1.29, 1.82) is 0 Å². The highest BCUT2D eigenvalue weighted by Gasteiger charge is 2.49. The Morgan fingerprint density at radius 3 is 2.41 bits per heavy atom. The van der Waals surface area contributed by atoms with E-state index < -0.39 is 5.67 Å². The molecule has 2 fully saturated rings. The lowest BCUT2D eigenvalue weighted by molar-refractivity contribution is 0.0345. The van der Waals surface area contributed by atoms with Gasteiger partial charge in [-0.05, 0) is 32.1 Å². The van der Waals surface area contributed by atoms with Gasteiger partial charge in [0.25, 0.3) is 0 Å². The molecule has 1 aliphatic carbocycles. The van der Waals surface area contributed by atoms with E-state index in [4.69, 9.17) is 0 Å². The topological polar surface area (TPSA) is 37.8 Å². The summed E-state index contributed by atoms with van der Waals surface area (Å²) in [4.78, 5) is 8.56. The molecule has 2 aliphatic rings. The van der Waals surface area contributed by atoms with Crippen LogP contribution in [-0.2, 0) is 5.67 Å². The molecule has 1 aliphatic heterocycles. The van der Waals surface area contributed by atoms with E-state index in [1.807, 2.05) is 0 Å². The Bertz CT molecular complexity index is 409. The molecule has 1 N–H and O–H groups in total. The molecule has 3 nitrogen and oxygen atoms in total. The van der Waals surface area contributed by atoms with Gasteiger partial charge in [0.05, 0.1) is 17.6 Å². The first kappa shape index (κ1) is 11.1. The van der Waals surface area contributed by atoms with Crippen molar-refractivity contribution in [3.63, 3.8) is 0 Å². The van der Waals surface area contributed by atoms with E-state index in [1.165, 1.54) is 26.7 Å². The number of rotatable bonds is 2. The second-order valence-corrected chi connectivity index (χ2v) is 6.01. The van der Waals surface area contributed by atoms with Crippen molar-refractivity contribution in [3.05, 3.63) is 23.8 Å². The van der Waals surface area contributed by atoms with Crippen LogP contribution in [-0.4, -0.2) is 23.1 Å². The Hall–Kier alpha value is -1.03. The first-order valence-electron chi connectivity index (χ1n) is 6.21. The van der Waals surface area contributed by atoms with E-state index >= 15 is 0 Å². The normalized spacial score (nSPS) is 23.2. The van der Waals surface area contributed by atoms with Crippen molar-refractivity contribution in [2.75, 3.05) is 13.1 Å². The van der Waals surface area contributed by atoms with E-state index in [0.717, 1.165) is 18.8 Å². The van der Waals surface area contributed by atoms with Gasteiger partial charge in [0.1, 0.15) is 5.67 Å². The van der Waals surface area contributed by atoms with Crippen LogP contribution in [0.1, 0.15) is 44.0 Å². The first-order chi connectivity index (χ1) is 7.99. The Kier molecular flexibility index (Phi) is 2.27. The molecule has 0 amide bonds. The highest BCUT2D eigenvalue weighted by Crippen LogP contribution is 2.52. The summed E-state index contributed by atoms with van der Waals surface area (Å²) in [5.74, 6) is 0.529. The number of alkyl halides is 1. The number of nitrogens with one attached hydrogen (secondary N) is 1. The fraction of sp³-hybridized carbons (Fsp3) is 0.692. The van der Waals surface area contributed by atoms with Crippen molar-refractivity contribution in [2.24, 2.45) is 5.41 Å². The predicted octanol–water partition coefficient (Wildman–Crippen LogP) is 2.15. The summed E-state index contributed by atoms with van der Waals surface area (Å²) in [5.41, 5.74) is 0.588. The molecule has 1 spiro atoms. The SMILES string of the molecule is CC(C)(F)c1cnc(C2CC3(CNC3)C2)cn1. The maximum absolute atomic E-state index is 13.6. The minimum atomic E-state index is -1.40. The minimum absolute atomic E-state index is 0.417. The van der Waals surface area contributed by atoms with Gasteiger partial charge < -0.3 is 5.32 Å². The molecular formula is C13H18FN3. The van der Waals surface area contributed by atoms with E-state index in [0.29, 0.717) is 17.0 Å². The molecule has 2 heterocycles. The molecule has 3 rings (SSSR count). The van der Waals surface area contributed by atoms with Gasteiger partial charge in [0.15, 0.2) is 0 Å². The highest BCUT2D eigenvalue weighted by atomic mass is 19.1. The summed E-state index contributed by atoms with van der Waals surface area (Å²) in [7, 11) is 0. The van der Waals surface area contributed by atoms with Crippen LogP contribution in [0.25, 0.3) is 0 Å². The van der Waals surface area contributed by atoms with Crippen molar-refractivity contribution < 1.29 is 4.39 Å². The third-order valence-corrected chi connectivity index (χ3v) is 4.06. The predicted molar refractivity (Wildman–Crippen MR) is 63.4 cm³/mol. The molecule has 4 heteroatoms.